The summed E-state index contributed by atoms with van der Waals surface area (Å²) in [4.78, 5) is 26.9. The number of fused-ring (bicyclic) bond motifs is 2. The molecule has 0 spiro atoms. The Labute approximate surface area is 175 Å². The number of nitrogens with zero attached hydrogens (tertiary/aromatic N) is 1. The summed E-state index contributed by atoms with van der Waals surface area (Å²) in [6.07, 6.45) is 2.07. The van der Waals surface area contributed by atoms with E-state index in [2.05, 4.69) is 0 Å². The molecule has 2 aromatic rings. The number of ether oxygens (including phenoxy) is 1. The van der Waals surface area contributed by atoms with Crippen LogP contribution in [0.4, 0.5) is 0 Å². The van der Waals surface area contributed by atoms with Gasteiger partial charge in [-0.05, 0) is 57.2 Å². The van der Waals surface area contributed by atoms with Gasteiger partial charge in [-0.25, -0.2) is 13.2 Å². The lowest BCUT2D eigenvalue weighted by Gasteiger charge is -2.32. The molecule has 1 atom stereocenters. The van der Waals surface area contributed by atoms with Crippen molar-refractivity contribution in [1.82, 2.24) is 4.90 Å². The molecule has 1 aromatic carbocycles. The first-order valence-electron chi connectivity index (χ1n) is 10.2. The van der Waals surface area contributed by atoms with Crippen molar-refractivity contribution in [3.8, 4) is 5.75 Å². The maximum atomic E-state index is 12.8. The molecule has 30 heavy (non-hydrogen) atoms. The van der Waals surface area contributed by atoms with E-state index in [0.29, 0.717) is 17.6 Å². The van der Waals surface area contributed by atoms with E-state index >= 15 is 0 Å². The Balaban J connectivity index is 1.65. The molecule has 7 nitrogen and oxygen atoms in total. The van der Waals surface area contributed by atoms with E-state index in [-0.39, 0.29) is 35.5 Å². The molecular weight excluding hydrogens is 406 g/mol. The van der Waals surface area contributed by atoms with Crippen LogP contribution >= 0.6 is 0 Å². The van der Waals surface area contributed by atoms with E-state index < -0.39 is 15.5 Å². The summed E-state index contributed by atoms with van der Waals surface area (Å²) in [5.74, 6) is 0.515. The lowest BCUT2D eigenvalue weighted by molar-refractivity contribution is -0.130. The SMILES string of the molecule is Cc1c(CC(=O)N(C)C2CCS(=O)(=O)C2)c(=O)oc2cc3c(cc12)CCC(C)(C)O3. The third kappa shape index (κ3) is 3.85. The van der Waals surface area contributed by atoms with Gasteiger partial charge < -0.3 is 14.1 Å². The summed E-state index contributed by atoms with van der Waals surface area (Å²) in [5, 5.41) is 0.797. The van der Waals surface area contributed by atoms with Gasteiger partial charge in [-0.15, -0.1) is 0 Å². The van der Waals surface area contributed by atoms with Gasteiger partial charge >= 0.3 is 5.63 Å². The fraction of sp³-hybridized carbons (Fsp3) is 0.545. The van der Waals surface area contributed by atoms with Gasteiger partial charge in [-0.2, -0.15) is 0 Å². The number of hydrogen-bond donors (Lipinski definition) is 0. The number of amides is 1. The van der Waals surface area contributed by atoms with Crippen LogP contribution in [0.2, 0.25) is 0 Å². The second-order valence-electron chi connectivity index (χ2n) is 9.05. The Hall–Kier alpha value is -2.35. The molecule has 1 saturated heterocycles. The van der Waals surface area contributed by atoms with Crippen LogP contribution in [0.15, 0.2) is 21.3 Å². The van der Waals surface area contributed by atoms with Crippen LogP contribution in [0.3, 0.4) is 0 Å². The summed E-state index contributed by atoms with van der Waals surface area (Å²) in [6.45, 7) is 5.88. The van der Waals surface area contributed by atoms with E-state index in [0.717, 1.165) is 35.1 Å². The van der Waals surface area contributed by atoms with Crippen LogP contribution < -0.4 is 10.4 Å². The zero-order chi connectivity index (χ0) is 21.8. The van der Waals surface area contributed by atoms with Crippen LogP contribution in [-0.2, 0) is 27.5 Å². The minimum atomic E-state index is -3.10. The highest BCUT2D eigenvalue weighted by Crippen LogP contribution is 2.36. The smallest absolute Gasteiger partial charge is 0.340 e. The zero-order valence-corrected chi connectivity index (χ0v) is 18.6. The van der Waals surface area contributed by atoms with Crippen molar-refractivity contribution in [2.75, 3.05) is 18.6 Å². The Bertz CT molecular complexity index is 1190. The van der Waals surface area contributed by atoms with Crippen molar-refractivity contribution < 1.29 is 22.4 Å². The van der Waals surface area contributed by atoms with Crippen LogP contribution in [0, 0.1) is 6.92 Å². The minimum Gasteiger partial charge on any atom is -0.487 e. The fourth-order valence-corrected chi connectivity index (χ4v) is 6.07. The molecule has 162 valence electrons. The average Bonchev–Trinajstić information content (AvgIpc) is 3.02. The number of carbonyl (C=O) groups is 1. The highest BCUT2D eigenvalue weighted by atomic mass is 32.2. The van der Waals surface area contributed by atoms with E-state index in [1.54, 1.807) is 13.1 Å². The molecule has 0 bridgehead atoms. The van der Waals surface area contributed by atoms with Gasteiger partial charge in [-0.3, -0.25) is 4.79 Å². The van der Waals surface area contributed by atoms with Crippen LogP contribution in [0.1, 0.15) is 43.4 Å². The number of likely N-dealkylation sites (N-methyl/N-ethyl adjacent to an activating group) is 1. The summed E-state index contributed by atoms with van der Waals surface area (Å²) in [6, 6.07) is 3.41. The van der Waals surface area contributed by atoms with Gasteiger partial charge in [-0.1, -0.05) is 0 Å². The van der Waals surface area contributed by atoms with Gasteiger partial charge in [0.05, 0.1) is 23.5 Å². The van der Waals surface area contributed by atoms with E-state index in [1.165, 1.54) is 4.90 Å². The molecule has 1 fully saturated rings. The van der Waals surface area contributed by atoms with Gasteiger partial charge in [0.15, 0.2) is 9.84 Å². The molecule has 2 aliphatic rings. The molecule has 8 heteroatoms. The van der Waals surface area contributed by atoms with Crippen molar-refractivity contribution in [2.45, 2.75) is 58.1 Å². The predicted molar refractivity (Wildman–Crippen MR) is 114 cm³/mol. The van der Waals surface area contributed by atoms with Gasteiger partial charge in [0.2, 0.25) is 5.91 Å². The number of benzene rings is 1. The number of hydrogen-bond acceptors (Lipinski definition) is 6. The molecule has 1 amide bonds. The minimum absolute atomic E-state index is 0.0248. The molecule has 1 aromatic heterocycles. The van der Waals surface area contributed by atoms with Gasteiger partial charge in [0.25, 0.3) is 0 Å². The zero-order valence-electron chi connectivity index (χ0n) is 17.8. The molecule has 3 heterocycles. The van der Waals surface area contributed by atoms with Crippen molar-refractivity contribution in [3.63, 3.8) is 0 Å². The quantitative estimate of drug-likeness (QED) is 0.690. The molecule has 0 N–H and O–H groups in total. The third-order valence-electron chi connectivity index (χ3n) is 6.33. The van der Waals surface area contributed by atoms with Crippen molar-refractivity contribution in [2.24, 2.45) is 0 Å². The number of sulfone groups is 1. The molecule has 2 aliphatic heterocycles. The number of carbonyl (C=O) groups excluding carboxylic acids is 1. The second-order valence-corrected chi connectivity index (χ2v) is 11.3. The fourth-order valence-electron chi connectivity index (χ4n) is 4.30. The highest BCUT2D eigenvalue weighted by Gasteiger charge is 2.33. The normalized spacial score (nSPS) is 21.8. The first kappa shape index (κ1) is 20.9. The Morgan fingerprint density at radius 2 is 2.03 bits per heavy atom. The Kier molecular flexibility index (Phi) is 4.96. The maximum absolute atomic E-state index is 12.8. The molecule has 1 unspecified atom stereocenters. The van der Waals surface area contributed by atoms with Crippen molar-refractivity contribution in [3.05, 3.63) is 39.2 Å². The lowest BCUT2D eigenvalue weighted by atomic mass is 9.92. The van der Waals surface area contributed by atoms with Gasteiger partial charge in [0.1, 0.15) is 16.9 Å². The lowest BCUT2D eigenvalue weighted by Crippen LogP contribution is -2.39. The molecule has 0 radical (unpaired) electrons. The number of aryl methyl sites for hydroxylation is 2. The summed E-state index contributed by atoms with van der Waals surface area (Å²) < 4.78 is 35.0. The Morgan fingerprint density at radius 3 is 2.70 bits per heavy atom. The molecular formula is C22H27NO6S. The summed E-state index contributed by atoms with van der Waals surface area (Å²) >= 11 is 0. The topological polar surface area (TPSA) is 93.9 Å². The summed E-state index contributed by atoms with van der Waals surface area (Å²) in [7, 11) is -1.50. The highest BCUT2D eigenvalue weighted by molar-refractivity contribution is 7.91. The summed E-state index contributed by atoms with van der Waals surface area (Å²) in [5.41, 5.74) is 1.73. The van der Waals surface area contributed by atoms with Crippen LogP contribution in [0.5, 0.6) is 5.75 Å². The molecule has 4 rings (SSSR count). The first-order chi connectivity index (χ1) is 14.0. The van der Waals surface area contributed by atoms with E-state index in [4.69, 9.17) is 9.15 Å². The van der Waals surface area contributed by atoms with Crippen molar-refractivity contribution in [1.29, 1.82) is 0 Å². The largest absolute Gasteiger partial charge is 0.487 e. The van der Waals surface area contributed by atoms with E-state index in [9.17, 15) is 18.0 Å². The van der Waals surface area contributed by atoms with E-state index in [1.807, 2.05) is 26.8 Å². The standard InChI is InChI=1S/C22H27NO6S/c1-13-16-9-14-5-7-22(2,3)29-18(14)11-19(16)28-21(25)17(13)10-20(24)23(4)15-6-8-30(26,27)12-15/h9,11,15H,5-8,10,12H2,1-4H3. The van der Waals surface area contributed by atoms with Gasteiger partial charge in [0, 0.05) is 24.5 Å². The number of rotatable bonds is 3. The van der Waals surface area contributed by atoms with Crippen molar-refractivity contribution >= 4 is 26.7 Å². The second kappa shape index (κ2) is 7.11. The van der Waals surface area contributed by atoms with Crippen LogP contribution in [-0.4, -0.2) is 49.4 Å². The third-order valence-corrected chi connectivity index (χ3v) is 8.08. The monoisotopic (exact) mass is 433 g/mol. The van der Waals surface area contributed by atoms with Crippen LogP contribution in [0.25, 0.3) is 11.0 Å². The maximum Gasteiger partial charge on any atom is 0.340 e. The average molecular weight is 434 g/mol. The predicted octanol–water partition coefficient (Wildman–Crippen LogP) is 2.39. The Morgan fingerprint density at radius 1 is 1.30 bits per heavy atom. The first-order valence-corrected chi connectivity index (χ1v) is 12.0. The molecule has 0 saturated carbocycles. The molecule has 0 aliphatic carbocycles.